The van der Waals surface area contributed by atoms with Gasteiger partial charge in [-0.1, -0.05) is 35.1 Å². The van der Waals surface area contributed by atoms with Crippen molar-refractivity contribution < 1.29 is 0 Å². The van der Waals surface area contributed by atoms with Gasteiger partial charge in [0.15, 0.2) is 0 Å². The minimum Gasteiger partial charge on any atom is -0.357 e. The first-order chi connectivity index (χ1) is 10.2. The van der Waals surface area contributed by atoms with Gasteiger partial charge in [0.1, 0.15) is 0 Å². The zero-order chi connectivity index (χ0) is 14.4. The lowest BCUT2D eigenvalue weighted by Crippen LogP contribution is -2.13. The standard InChI is InChI=1S/C14H11ClN4OS/c15-9-3-1-2-8(6-9)10-7-11(10)17-13-18-19-12(20)4-5-16-14(19)21-13/h1-6,10-11H,7H2,(H,17,18). The van der Waals surface area contributed by atoms with Crippen LogP contribution in [0.25, 0.3) is 4.96 Å². The van der Waals surface area contributed by atoms with E-state index in [0.717, 1.165) is 16.6 Å². The van der Waals surface area contributed by atoms with E-state index in [1.807, 2.05) is 18.2 Å². The molecule has 106 valence electrons. The highest BCUT2D eigenvalue weighted by atomic mass is 35.5. The Morgan fingerprint density at radius 1 is 1.38 bits per heavy atom. The van der Waals surface area contributed by atoms with Gasteiger partial charge in [0.05, 0.1) is 0 Å². The first kappa shape index (κ1) is 12.8. The molecule has 0 bridgehead atoms. The van der Waals surface area contributed by atoms with Crippen molar-refractivity contribution in [3.05, 3.63) is 57.5 Å². The number of rotatable bonds is 3. The number of hydrogen-bond acceptors (Lipinski definition) is 5. The van der Waals surface area contributed by atoms with E-state index in [1.54, 1.807) is 0 Å². The monoisotopic (exact) mass is 318 g/mol. The first-order valence-corrected chi connectivity index (χ1v) is 7.77. The van der Waals surface area contributed by atoms with Crippen LogP contribution in [-0.4, -0.2) is 20.6 Å². The quantitative estimate of drug-likeness (QED) is 0.806. The summed E-state index contributed by atoms with van der Waals surface area (Å²) in [4.78, 5) is 16.4. The molecule has 0 radical (unpaired) electrons. The third-order valence-electron chi connectivity index (χ3n) is 3.55. The van der Waals surface area contributed by atoms with Gasteiger partial charge in [-0.3, -0.25) is 4.79 Å². The number of nitrogens with zero attached hydrogens (tertiary/aromatic N) is 3. The Bertz CT molecular complexity index is 875. The fourth-order valence-electron chi connectivity index (χ4n) is 2.42. The van der Waals surface area contributed by atoms with Crippen LogP contribution >= 0.6 is 22.9 Å². The van der Waals surface area contributed by atoms with Gasteiger partial charge >= 0.3 is 0 Å². The van der Waals surface area contributed by atoms with Crippen LogP contribution in [0, 0.1) is 0 Å². The van der Waals surface area contributed by atoms with E-state index in [2.05, 4.69) is 21.5 Å². The number of halogens is 1. The Morgan fingerprint density at radius 2 is 2.29 bits per heavy atom. The maximum Gasteiger partial charge on any atom is 0.275 e. The predicted molar refractivity (Wildman–Crippen MR) is 83.4 cm³/mol. The molecule has 1 fully saturated rings. The highest BCUT2D eigenvalue weighted by molar-refractivity contribution is 7.20. The van der Waals surface area contributed by atoms with Crippen LogP contribution in [0.1, 0.15) is 17.9 Å². The number of aromatic nitrogens is 3. The molecule has 0 aliphatic heterocycles. The Hall–Kier alpha value is -1.92. The maximum absolute atomic E-state index is 11.6. The van der Waals surface area contributed by atoms with Crippen LogP contribution < -0.4 is 10.9 Å². The van der Waals surface area contributed by atoms with Crippen molar-refractivity contribution in [1.29, 1.82) is 0 Å². The molecule has 0 spiro atoms. The van der Waals surface area contributed by atoms with Gasteiger partial charge in [-0.15, -0.1) is 5.10 Å². The molecule has 1 aromatic carbocycles. The van der Waals surface area contributed by atoms with Gasteiger partial charge in [-0.25, -0.2) is 4.98 Å². The van der Waals surface area contributed by atoms with Gasteiger partial charge in [0.2, 0.25) is 10.1 Å². The highest BCUT2D eigenvalue weighted by Gasteiger charge is 2.39. The van der Waals surface area contributed by atoms with Gasteiger partial charge < -0.3 is 5.32 Å². The molecule has 2 aromatic heterocycles. The summed E-state index contributed by atoms with van der Waals surface area (Å²) in [6.45, 7) is 0. The Balaban J connectivity index is 1.54. The molecular weight excluding hydrogens is 308 g/mol. The summed E-state index contributed by atoms with van der Waals surface area (Å²) in [5.41, 5.74) is 1.07. The summed E-state index contributed by atoms with van der Waals surface area (Å²) in [7, 11) is 0. The predicted octanol–water partition coefficient (Wildman–Crippen LogP) is 2.77. The van der Waals surface area contributed by atoms with Crippen molar-refractivity contribution in [1.82, 2.24) is 14.6 Å². The van der Waals surface area contributed by atoms with Crippen molar-refractivity contribution in [3.63, 3.8) is 0 Å². The van der Waals surface area contributed by atoms with E-state index in [-0.39, 0.29) is 5.56 Å². The summed E-state index contributed by atoms with van der Waals surface area (Å²) in [5.74, 6) is 0.445. The van der Waals surface area contributed by atoms with Crippen molar-refractivity contribution in [2.24, 2.45) is 0 Å². The maximum atomic E-state index is 11.6. The lowest BCUT2D eigenvalue weighted by Gasteiger charge is -2.02. The number of benzene rings is 1. The number of anilines is 1. The van der Waals surface area contributed by atoms with E-state index in [4.69, 9.17) is 11.6 Å². The van der Waals surface area contributed by atoms with Crippen molar-refractivity contribution in [2.75, 3.05) is 5.32 Å². The molecule has 21 heavy (non-hydrogen) atoms. The molecule has 7 heteroatoms. The molecule has 0 amide bonds. The lowest BCUT2D eigenvalue weighted by atomic mass is 10.1. The lowest BCUT2D eigenvalue weighted by molar-refractivity contribution is 0.892. The van der Waals surface area contributed by atoms with E-state index in [9.17, 15) is 4.79 Å². The van der Waals surface area contributed by atoms with Gasteiger partial charge in [0.25, 0.3) is 5.56 Å². The van der Waals surface area contributed by atoms with Crippen molar-refractivity contribution >= 4 is 33.0 Å². The molecule has 1 aliphatic rings. The van der Waals surface area contributed by atoms with Gasteiger partial charge in [-0.05, 0) is 24.1 Å². The van der Waals surface area contributed by atoms with E-state index in [0.29, 0.717) is 16.9 Å². The molecule has 3 aromatic rings. The molecule has 1 aliphatic carbocycles. The SMILES string of the molecule is O=c1ccnc2sc(NC3CC3c3cccc(Cl)c3)nn12. The minimum atomic E-state index is -0.161. The fraction of sp³-hybridized carbons (Fsp3) is 0.214. The zero-order valence-electron chi connectivity index (χ0n) is 10.9. The average Bonchev–Trinajstić information content (AvgIpc) is 3.09. The summed E-state index contributed by atoms with van der Waals surface area (Å²) < 4.78 is 1.32. The number of nitrogens with one attached hydrogen (secondary N) is 1. The second kappa shape index (κ2) is 4.82. The van der Waals surface area contributed by atoms with Crippen molar-refractivity contribution in [3.8, 4) is 0 Å². The van der Waals surface area contributed by atoms with E-state index < -0.39 is 0 Å². The molecule has 1 N–H and O–H groups in total. The molecule has 2 atom stereocenters. The summed E-state index contributed by atoms with van der Waals surface area (Å²) in [6, 6.07) is 9.67. The molecular formula is C14H11ClN4OS. The zero-order valence-corrected chi connectivity index (χ0v) is 12.4. The first-order valence-electron chi connectivity index (χ1n) is 6.57. The van der Waals surface area contributed by atoms with Crippen LogP contribution in [0.3, 0.4) is 0 Å². The largest absolute Gasteiger partial charge is 0.357 e. The molecule has 0 saturated heterocycles. The second-order valence-electron chi connectivity index (χ2n) is 5.03. The molecule has 2 heterocycles. The summed E-state index contributed by atoms with van der Waals surface area (Å²) >= 11 is 7.40. The Labute approximate surface area is 129 Å². The third kappa shape index (κ3) is 2.41. The van der Waals surface area contributed by atoms with Crippen molar-refractivity contribution in [2.45, 2.75) is 18.4 Å². The Kier molecular flexibility index (Phi) is 2.94. The summed E-state index contributed by atoms with van der Waals surface area (Å²) in [5, 5.41) is 9.11. The normalized spacial score (nSPS) is 20.6. The van der Waals surface area contributed by atoms with Crippen LogP contribution in [0.5, 0.6) is 0 Å². The van der Waals surface area contributed by atoms with E-state index >= 15 is 0 Å². The minimum absolute atomic E-state index is 0.161. The number of hydrogen-bond donors (Lipinski definition) is 1. The average molecular weight is 319 g/mol. The van der Waals surface area contributed by atoms with Crippen LogP contribution in [0.2, 0.25) is 5.02 Å². The smallest absolute Gasteiger partial charge is 0.275 e. The third-order valence-corrected chi connectivity index (χ3v) is 4.64. The molecule has 2 unspecified atom stereocenters. The Morgan fingerprint density at radius 3 is 3.10 bits per heavy atom. The molecule has 4 rings (SSSR count). The van der Waals surface area contributed by atoms with Gasteiger partial charge in [0, 0.05) is 29.2 Å². The highest BCUT2D eigenvalue weighted by Crippen LogP contribution is 2.43. The second-order valence-corrected chi connectivity index (χ2v) is 6.43. The van der Waals surface area contributed by atoms with E-state index in [1.165, 1.54) is 33.7 Å². The van der Waals surface area contributed by atoms with Crippen LogP contribution in [0.15, 0.2) is 41.3 Å². The fourth-order valence-corrected chi connectivity index (χ4v) is 3.46. The van der Waals surface area contributed by atoms with Crippen LogP contribution in [0.4, 0.5) is 5.13 Å². The van der Waals surface area contributed by atoms with Gasteiger partial charge in [-0.2, -0.15) is 4.52 Å². The number of fused-ring (bicyclic) bond motifs is 1. The topological polar surface area (TPSA) is 59.3 Å². The molecule has 5 nitrogen and oxygen atoms in total. The molecule has 1 saturated carbocycles. The van der Waals surface area contributed by atoms with Crippen LogP contribution in [-0.2, 0) is 0 Å². The summed E-state index contributed by atoms with van der Waals surface area (Å²) in [6.07, 6.45) is 2.55.